The SMILES string of the molecule is Cc1cc(C)c(Nc2cc(Nc3ccc4c(c3)OCO4)nc(C)n2)c(Cl)c1. The molecule has 0 aliphatic carbocycles. The van der Waals surface area contributed by atoms with Crippen LogP contribution in [0, 0.1) is 20.8 Å². The van der Waals surface area contributed by atoms with E-state index in [9.17, 15) is 0 Å². The molecule has 0 unspecified atom stereocenters. The number of hydrogen-bond acceptors (Lipinski definition) is 6. The van der Waals surface area contributed by atoms with Crippen molar-refractivity contribution in [2.45, 2.75) is 20.8 Å². The van der Waals surface area contributed by atoms with E-state index in [1.54, 1.807) is 0 Å². The fourth-order valence-corrected chi connectivity index (χ4v) is 3.39. The Hall–Kier alpha value is -2.99. The molecule has 7 heteroatoms. The van der Waals surface area contributed by atoms with Crippen LogP contribution in [0.15, 0.2) is 36.4 Å². The lowest BCUT2D eigenvalue weighted by atomic mass is 10.1. The van der Waals surface area contributed by atoms with Crippen molar-refractivity contribution in [2.24, 2.45) is 0 Å². The van der Waals surface area contributed by atoms with Crippen molar-refractivity contribution in [1.29, 1.82) is 0 Å². The predicted molar refractivity (Wildman–Crippen MR) is 107 cm³/mol. The minimum absolute atomic E-state index is 0.246. The number of nitrogens with zero attached hydrogens (tertiary/aromatic N) is 2. The molecule has 0 fully saturated rings. The second kappa shape index (κ2) is 6.96. The van der Waals surface area contributed by atoms with Crippen molar-refractivity contribution in [1.82, 2.24) is 9.97 Å². The Morgan fingerprint density at radius 2 is 1.63 bits per heavy atom. The monoisotopic (exact) mass is 382 g/mol. The molecule has 0 saturated heterocycles. The normalized spacial score (nSPS) is 12.1. The Labute approximate surface area is 162 Å². The summed E-state index contributed by atoms with van der Waals surface area (Å²) in [6, 6.07) is 11.5. The van der Waals surface area contributed by atoms with E-state index in [-0.39, 0.29) is 6.79 Å². The Bertz CT molecular complexity index is 1000. The Balaban J connectivity index is 1.60. The van der Waals surface area contributed by atoms with E-state index in [0.717, 1.165) is 28.3 Å². The van der Waals surface area contributed by atoms with Crippen LogP contribution < -0.4 is 20.1 Å². The van der Waals surface area contributed by atoms with Crippen molar-refractivity contribution < 1.29 is 9.47 Å². The quantitative estimate of drug-likeness (QED) is 0.640. The molecule has 2 aromatic carbocycles. The van der Waals surface area contributed by atoms with Crippen molar-refractivity contribution in [3.63, 3.8) is 0 Å². The van der Waals surface area contributed by atoms with Gasteiger partial charge in [0.05, 0.1) is 10.7 Å². The fourth-order valence-electron chi connectivity index (χ4n) is 3.02. The molecule has 3 aromatic rings. The van der Waals surface area contributed by atoms with Gasteiger partial charge < -0.3 is 20.1 Å². The number of anilines is 4. The van der Waals surface area contributed by atoms with E-state index in [0.29, 0.717) is 28.2 Å². The Kier molecular flexibility index (Phi) is 4.49. The van der Waals surface area contributed by atoms with Gasteiger partial charge in [-0.15, -0.1) is 0 Å². The van der Waals surface area contributed by atoms with Crippen LogP contribution in [-0.2, 0) is 0 Å². The summed E-state index contributed by atoms with van der Waals surface area (Å²) in [5.41, 5.74) is 3.87. The molecule has 0 bridgehead atoms. The van der Waals surface area contributed by atoms with Crippen LogP contribution in [0.4, 0.5) is 23.0 Å². The Morgan fingerprint density at radius 3 is 2.41 bits per heavy atom. The average molecular weight is 383 g/mol. The highest BCUT2D eigenvalue weighted by Gasteiger charge is 2.14. The second-order valence-corrected chi connectivity index (χ2v) is 6.85. The number of aromatic nitrogens is 2. The number of nitrogens with one attached hydrogen (secondary N) is 2. The van der Waals surface area contributed by atoms with Gasteiger partial charge in [0.1, 0.15) is 17.5 Å². The van der Waals surface area contributed by atoms with Crippen LogP contribution in [-0.4, -0.2) is 16.8 Å². The van der Waals surface area contributed by atoms with Gasteiger partial charge in [-0.05, 0) is 50.1 Å². The summed E-state index contributed by atoms with van der Waals surface area (Å²) in [6.45, 7) is 6.13. The maximum atomic E-state index is 6.40. The van der Waals surface area contributed by atoms with Gasteiger partial charge >= 0.3 is 0 Å². The van der Waals surface area contributed by atoms with Crippen molar-refractivity contribution >= 4 is 34.6 Å². The molecule has 1 aliphatic rings. The number of hydrogen-bond donors (Lipinski definition) is 2. The summed E-state index contributed by atoms with van der Waals surface area (Å²) in [4.78, 5) is 8.92. The first-order valence-corrected chi connectivity index (χ1v) is 8.92. The van der Waals surface area contributed by atoms with E-state index in [2.05, 4.69) is 26.7 Å². The lowest BCUT2D eigenvalue weighted by Crippen LogP contribution is -2.03. The molecule has 1 aromatic heterocycles. The molecule has 0 radical (unpaired) electrons. The van der Waals surface area contributed by atoms with Crippen molar-refractivity contribution in [3.8, 4) is 11.5 Å². The molecule has 1 aliphatic heterocycles. The number of aryl methyl sites for hydroxylation is 3. The first-order chi connectivity index (χ1) is 13.0. The highest BCUT2D eigenvalue weighted by Crippen LogP contribution is 2.35. The van der Waals surface area contributed by atoms with Gasteiger partial charge in [0, 0.05) is 17.8 Å². The van der Waals surface area contributed by atoms with E-state index in [1.165, 1.54) is 0 Å². The van der Waals surface area contributed by atoms with Gasteiger partial charge in [-0.25, -0.2) is 9.97 Å². The molecular formula is C20H19ClN4O2. The van der Waals surface area contributed by atoms with Crippen LogP contribution in [0.5, 0.6) is 11.5 Å². The van der Waals surface area contributed by atoms with Gasteiger partial charge in [0.25, 0.3) is 0 Å². The van der Waals surface area contributed by atoms with Gasteiger partial charge in [0.2, 0.25) is 6.79 Å². The largest absolute Gasteiger partial charge is 0.454 e. The topological polar surface area (TPSA) is 68.3 Å². The summed E-state index contributed by atoms with van der Waals surface area (Å²) in [6.07, 6.45) is 0. The fraction of sp³-hybridized carbons (Fsp3) is 0.200. The smallest absolute Gasteiger partial charge is 0.231 e. The van der Waals surface area contributed by atoms with E-state index in [4.69, 9.17) is 21.1 Å². The molecule has 0 spiro atoms. The lowest BCUT2D eigenvalue weighted by molar-refractivity contribution is 0.174. The summed E-state index contributed by atoms with van der Waals surface area (Å²) in [5.74, 6) is 3.44. The summed E-state index contributed by atoms with van der Waals surface area (Å²) >= 11 is 6.40. The first-order valence-electron chi connectivity index (χ1n) is 8.54. The maximum Gasteiger partial charge on any atom is 0.231 e. The minimum Gasteiger partial charge on any atom is -0.454 e. The zero-order chi connectivity index (χ0) is 19.0. The summed E-state index contributed by atoms with van der Waals surface area (Å²) in [5, 5.41) is 7.25. The highest BCUT2D eigenvalue weighted by atomic mass is 35.5. The van der Waals surface area contributed by atoms with E-state index >= 15 is 0 Å². The van der Waals surface area contributed by atoms with Crippen molar-refractivity contribution in [3.05, 3.63) is 58.4 Å². The number of ether oxygens (including phenoxy) is 2. The summed E-state index contributed by atoms with van der Waals surface area (Å²) < 4.78 is 10.8. The van der Waals surface area contributed by atoms with E-state index < -0.39 is 0 Å². The molecule has 138 valence electrons. The molecule has 2 heterocycles. The highest BCUT2D eigenvalue weighted by molar-refractivity contribution is 6.33. The maximum absolute atomic E-state index is 6.40. The third kappa shape index (κ3) is 3.75. The number of halogens is 1. The van der Waals surface area contributed by atoms with Crippen LogP contribution in [0.1, 0.15) is 17.0 Å². The second-order valence-electron chi connectivity index (χ2n) is 6.44. The van der Waals surface area contributed by atoms with Crippen LogP contribution in [0.3, 0.4) is 0 Å². The van der Waals surface area contributed by atoms with Gasteiger partial charge in [0.15, 0.2) is 11.5 Å². The zero-order valence-electron chi connectivity index (χ0n) is 15.3. The third-order valence-electron chi connectivity index (χ3n) is 4.17. The predicted octanol–water partition coefficient (Wildman–Crippen LogP) is 5.27. The van der Waals surface area contributed by atoms with E-state index in [1.807, 2.05) is 51.1 Å². The molecule has 0 atom stereocenters. The zero-order valence-corrected chi connectivity index (χ0v) is 16.0. The lowest BCUT2D eigenvalue weighted by Gasteiger charge is -2.14. The van der Waals surface area contributed by atoms with Crippen molar-refractivity contribution in [2.75, 3.05) is 17.4 Å². The van der Waals surface area contributed by atoms with Crippen LogP contribution >= 0.6 is 11.6 Å². The number of rotatable bonds is 4. The first kappa shape index (κ1) is 17.4. The minimum atomic E-state index is 0.246. The molecule has 0 saturated carbocycles. The molecule has 2 N–H and O–H groups in total. The standard InChI is InChI=1S/C20H19ClN4O2/c1-11-6-12(2)20(15(21)7-11)25-19-9-18(22-13(3)23-19)24-14-4-5-16-17(8-14)27-10-26-16/h4-9H,10H2,1-3H3,(H2,22,23,24,25). The average Bonchev–Trinajstić information content (AvgIpc) is 3.05. The molecule has 0 amide bonds. The van der Waals surface area contributed by atoms with Gasteiger partial charge in [-0.1, -0.05) is 17.7 Å². The summed E-state index contributed by atoms with van der Waals surface area (Å²) in [7, 11) is 0. The molecule has 27 heavy (non-hydrogen) atoms. The number of benzene rings is 2. The Morgan fingerprint density at radius 1 is 0.889 bits per heavy atom. The van der Waals surface area contributed by atoms with Crippen LogP contribution in [0.25, 0.3) is 0 Å². The third-order valence-corrected chi connectivity index (χ3v) is 4.47. The van der Waals surface area contributed by atoms with Crippen LogP contribution in [0.2, 0.25) is 5.02 Å². The number of fused-ring (bicyclic) bond motifs is 1. The molecule has 4 rings (SSSR count). The molecule has 6 nitrogen and oxygen atoms in total. The van der Waals surface area contributed by atoms with Gasteiger partial charge in [-0.2, -0.15) is 0 Å². The molecular weight excluding hydrogens is 364 g/mol. The van der Waals surface area contributed by atoms with Gasteiger partial charge in [-0.3, -0.25) is 0 Å².